The average Bonchev–Trinajstić information content (AvgIpc) is 2.46. The number of amides is 1. The van der Waals surface area contributed by atoms with E-state index in [9.17, 15) is 4.79 Å². The van der Waals surface area contributed by atoms with Gasteiger partial charge in [-0.2, -0.15) is 0 Å². The molecule has 1 heterocycles. The number of hydrogen-bond acceptors (Lipinski definition) is 4. The van der Waals surface area contributed by atoms with Gasteiger partial charge in [-0.25, -0.2) is 0 Å². The minimum atomic E-state index is -0.267. The zero-order chi connectivity index (χ0) is 13.5. The Morgan fingerprint density at radius 1 is 1.32 bits per heavy atom. The van der Waals surface area contributed by atoms with Crippen molar-refractivity contribution >= 4 is 12.1 Å². The van der Waals surface area contributed by atoms with Gasteiger partial charge < -0.3 is 10.5 Å². The van der Waals surface area contributed by atoms with Crippen LogP contribution in [0.4, 0.5) is 0 Å². The largest absolute Gasteiger partial charge is 0.411 e. The fourth-order valence-corrected chi connectivity index (χ4v) is 1.59. The summed E-state index contributed by atoms with van der Waals surface area (Å²) < 4.78 is 0. The number of carbonyl (C=O) groups excluding carboxylic acids is 1. The average molecular weight is 255 g/mol. The van der Waals surface area contributed by atoms with Crippen LogP contribution in [0.15, 0.2) is 53.8 Å². The first-order valence-corrected chi connectivity index (χ1v) is 5.75. The molecule has 0 unspecified atom stereocenters. The van der Waals surface area contributed by atoms with Gasteiger partial charge in [-0.15, -0.1) is 0 Å². The lowest BCUT2D eigenvalue weighted by atomic mass is 10.2. The van der Waals surface area contributed by atoms with Gasteiger partial charge in [0.1, 0.15) is 5.69 Å². The van der Waals surface area contributed by atoms with Crippen molar-refractivity contribution in [2.24, 2.45) is 5.16 Å². The molecule has 2 aromatic rings. The van der Waals surface area contributed by atoms with E-state index in [4.69, 9.17) is 5.21 Å². The van der Waals surface area contributed by atoms with E-state index in [1.165, 1.54) is 12.4 Å². The predicted molar refractivity (Wildman–Crippen MR) is 71.2 cm³/mol. The maximum atomic E-state index is 11.9. The van der Waals surface area contributed by atoms with E-state index in [0.29, 0.717) is 12.1 Å². The van der Waals surface area contributed by atoms with Crippen molar-refractivity contribution in [1.29, 1.82) is 0 Å². The van der Waals surface area contributed by atoms with Crippen molar-refractivity contribution in [3.05, 3.63) is 65.5 Å². The molecule has 5 nitrogen and oxygen atoms in total. The summed E-state index contributed by atoms with van der Waals surface area (Å²) in [5, 5.41) is 14.1. The highest BCUT2D eigenvalue weighted by Crippen LogP contribution is 2.01. The molecule has 0 aliphatic carbocycles. The molecule has 0 aliphatic heterocycles. The van der Waals surface area contributed by atoms with E-state index >= 15 is 0 Å². The molecule has 1 amide bonds. The summed E-state index contributed by atoms with van der Waals surface area (Å²) in [6, 6.07) is 12.8. The topological polar surface area (TPSA) is 74.6 Å². The number of aromatic nitrogens is 1. The maximum Gasteiger partial charge on any atom is 0.270 e. The Kier molecular flexibility index (Phi) is 4.23. The minimum Gasteiger partial charge on any atom is -0.411 e. The fourth-order valence-electron chi connectivity index (χ4n) is 1.59. The summed E-state index contributed by atoms with van der Waals surface area (Å²) in [7, 11) is 0. The van der Waals surface area contributed by atoms with Crippen molar-refractivity contribution in [2.75, 3.05) is 0 Å². The number of rotatable bonds is 4. The van der Waals surface area contributed by atoms with Crippen molar-refractivity contribution in [3.8, 4) is 0 Å². The van der Waals surface area contributed by atoms with Crippen LogP contribution in [0.25, 0.3) is 0 Å². The molecule has 1 aromatic heterocycles. The van der Waals surface area contributed by atoms with Crippen LogP contribution >= 0.6 is 0 Å². The van der Waals surface area contributed by atoms with Crippen molar-refractivity contribution in [3.63, 3.8) is 0 Å². The van der Waals surface area contributed by atoms with Gasteiger partial charge in [0.25, 0.3) is 5.91 Å². The molecule has 0 aliphatic rings. The molecule has 0 fully saturated rings. The Morgan fingerprint density at radius 3 is 2.84 bits per heavy atom. The minimum absolute atomic E-state index is 0.267. The quantitative estimate of drug-likeness (QED) is 0.497. The summed E-state index contributed by atoms with van der Waals surface area (Å²) >= 11 is 0. The monoisotopic (exact) mass is 255 g/mol. The standard InChI is InChI=1S/C14H13N3O2/c18-14(16-9-11-4-2-1-3-5-11)13-8-12(10-17-19)6-7-15-13/h1-8,10,19H,9H2,(H,16,18)/b17-10-. The number of nitrogens with one attached hydrogen (secondary N) is 1. The fraction of sp³-hybridized carbons (Fsp3) is 0.0714. The van der Waals surface area contributed by atoms with E-state index in [0.717, 1.165) is 5.56 Å². The molecule has 2 N–H and O–H groups in total. The summed E-state index contributed by atoms with van der Waals surface area (Å²) in [5.74, 6) is -0.267. The third-order valence-electron chi connectivity index (χ3n) is 2.52. The first-order chi connectivity index (χ1) is 9.29. The van der Waals surface area contributed by atoms with Gasteiger partial charge >= 0.3 is 0 Å². The predicted octanol–water partition coefficient (Wildman–Crippen LogP) is 1.82. The molecule has 2 rings (SSSR count). The number of nitrogens with zero attached hydrogens (tertiary/aromatic N) is 2. The molecule has 0 bridgehead atoms. The van der Waals surface area contributed by atoms with Crippen molar-refractivity contribution in [2.45, 2.75) is 6.54 Å². The van der Waals surface area contributed by atoms with Gasteiger partial charge in [0, 0.05) is 12.7 Å². The summed E-state index contributed by atoms with van der Waals surface area (Å²) in [6.45, 7) is 0.444. The van der Waals surface area contributed by atoms with Crippen LogP contribution in [0.2, 0.25) is 0 Å². The third kappa shape index (κ3) is 3.64. The number of pyridine rings is 1. The summed E-state index contributed by atoms with van der Waals surface area (Å²) in [5.41, 5.74) is 1.92. The lowest BCUT2D eigenvalue weighted by molar-refractivity contribution is 0.0946. The van der Waals surface area contributed by atoms with Crippen molar-refractivity contribution in [1.82, 2.24) is 10.3 Å². The van der Waals surface area contributed by atoms with Crippen molar-refractivity contribution < 1.29 is 10.0 Å². The van der Waals surface area contributed by atoms with Gasteiger partial charge in [-0.05, 0) is 23.3 Å². The molecule has 0 saturated heterocycles. The van der Waals surface area contributed by atoms with Crippen LogP contribution in [-0.2, 0) is 6.54 Å². The Hall–Kier alpha value is -2.69. The number of hydrogen-bond donors (Lipinski definition) is 2. The highest BCUT2D eigenvalue weighted by atomic mass is 16.4. The number of benzene rings is 1. The molecule has 0 spiro atoms. The smallest absolute Gasteiger partial charge is 0.270 e. The van der Waals surface area contributed by atoms with E-state index in [1.807, 2.05) is 30.3 Å². The summed E-state index contributed by atoms with van der Waals surface area (Å²) in [6.07, 6.45) is 2.74. The Balaban J connectivity index is 2.02. The molecule has 5 heteroatoms. The van der Waals surface area contributed by atoms with Gasteiger partial charge in [0.05, 0.1) is 6.21 Å². The van der Waals surface area contributed by atoms with Crippen LogP contribution in [0.1, 0.15) is 21.6 Å². The highest BCUT2D eigenvalue weighted by molar-refractivity contribution is 5.94. The van der Waals surface area contributed by atoms with Gasteiger partial charge in [-0.3, -0.25) is 9.78 Å². The SMILES string of the molecule is O=C(NCc1ccccc1)c1cc(/C=N\O)ccn1. The number of carbonyl (C=O) groups is 1. The lowest BCUT2D eigenvalue weighted by Gasteiger charge is -2.05. The van der Waals surface area contributed by atoms with Crippen LogP contribution in [0, 0.1) is 0 Å². The van der Waals surface area contributed by atoms with Crippen LogP contribution in [0.5, 0.6) is 0 Å². The third-order valence-corrected chi connectivity index (χ3v) is 2.52. The van der Waals surface area contributed by atoms with Gasteiger partial charge in [0.15, 0.2) is 0 Å². The molecule has 0 atom stereocenters. The van der Waals surface area contributed by atoms with E-state index < -0.39 is 0 Å². The Bertz CT molecular complexity index is 582. The first-order valence-electron chi connectivity index (χ1n) is 5.75. The van der Waals surface area contributed by atoms with E-state index in [-0.39, 0.29) is 11.6 Å². The van der Waals surface area contributed by atoms with E-state index in [2.05, 4.69) is 15.5 Å². The summed E-state index contributed by atoms with van der Waals surface area (Å²) in [4.78, 5) is 15.9. The van der Waals surface area contributed by atoms with Crippen LogP contribution in [0.3, 0.4) is 0 Å². The Morgan fingerprint density at radius 2 is 2.11 bits per heavy atom. The molecule has 19 heavy (non-hydrogen) atoms. The van der Waals surface area contributed by atoms with Gasteiger partial charge in [-0.1, -0.05) is 35.5 Å². The zero-order valence-electron chi connectivity index (χ0n) is 10.2. The van der Waals surface area contributed by atoms with E-state index in [1.54, 1.807) is 12.1 Å². The Labute approximate surface area is 110 Å². The highest BCUT2D eigenvalue weighted by Gasteiger charge is 2.07. The molecular weight excluding hydrogens is 242 g/mol. The molecule has 0 radical (unpaired) electrons. The first kappa shape index (κ1) is 12.8. The second-order valence-corrected chi connectivity index (χ2v) is 3.89. The zero-order valence-corrected chi connectivity index (χ0v) is 10.2. The number of oxime groups is 1. The normalized spacial score (nSPS) is 10.5. The second-order valence-electron chi connectivity index (χ2n) is 3.89. The van der Waals surface area contributed by atoms with Crippen LogP contribution < -0.4 is 5.32 Å². The molecular formula is C14H13N3O2. The van der Waals surface area contributed by atoms with Gasteiger partial charge in [0.2, 0.25) is 0 Å². The lowest BCUT2D eigenvalue weighted by Crippen LogP contribution is -2.23. The molecule has 1 aromatic carbocycles. The molecule has 0 saturated carbocycles. The second kappa shape index (κ2) is 6.30. The van der Waals surface area contributed by atoms with Crippen LogP contribution in [-0.4, -0.2) is 22.3 Å². The molecule has 96 valence electrons. The maximum absolute atomic E-state index is 11.9.